The van der Waals surface area contributed by atoms with Gasteiger partial charge in [-0.1, -0.05) is 0 Å². The maximum Gasteiger partial charge on any atom is 0.407 e. The van der Waals surface area contributed by atoms with E-state index < -0.39 is 6.09 Å². The van der Waals surface area contributed by atoms with Crippen LogP contribution in [-0.2, 0) is 9.53 Å². The van der Waals surface area contributed by atoms with Crippen LogP contribution in [0.15, 0.2) is 42.9 Å². The zero-order chi connectivity index (χ0) is 31.3. The van der Waals surface area contributed by atoms with E-state index in [-0.39, 0.29) is 23.8 Å². The summed E-state index contributed by atoms with van der Waals surface area (Å²) in [6.07, 6.45) is 13.9. The number of ether oxygens (including phenoxy) is 2. The Labute approximate surface area is 263 Å². The zero-order valence-electron chi connectivity index (χ0n) is 26.0. The molecule has 1 N–H and O–H groups in total. The van der Waals surface area contributed by atoms with E-state index in [0.717, 1.165) is 55.3 Å². The second-order valence-corrected chi connectivity index (χ2v) is 12.5. The van der Waals surface area contributed by atoms with Crippen LogP contribution in [0.1, 0.15) is 87.6 Å². The van der Waals surface area contributed by atoms with E-state index in [0.29, 0.717) is 61.4 Å². The number of nitrogens with zero attached hydrogens (tertiary/aromatic N) is 6. The fraction of sp³-hybridized carbons (Fsp3) is 0.529. The van der Waals surface area contributed by atoms with Crippen molar-refractivity contribution in [3.05, 3.63) is 54.2 Å². The highest BCUT2D eigenvalue weighted by Gasteiger charge is 2.34. The van der Waals surface area contributed by atoms with Crippen molar-refractivity contribution in [1.29, 1.82) is 5.26 Å². The van der Waals surface area contributed by atoms with Crippen LogP contribution >= 0.6 is 0 Å². The van der Waals surface area contributed by atoms with Gasteiger partial charge < -0.3 is 14.8 Å². The lowest BCUT2D eigenvalue weighted by atomic mass is 9.79. The molecular formula is C34H41N7O4. The number of hydrogen-bond donors (Lipinski definition) is 1. The average Bonchev–Trinajstić information content (AvgIpc) is 3.82. The van der Waals surface area contributed by atoms with E-state index in [9.17, 15) is 14.9 Å². The fourth-order valence-electron chi connectivity index (χ4n) is 6.76. The summed E-state index contributed by atoms with van der Waals surface area (Å²) in [5.41, 5.74) is 3.26. The standard InChI is InChI=1S/C34H41N7O4/c1-36-34(43)45-28-11-7-24(8-12-28)33(42)40(32-17-25(15-16-37-32)26-19-38-41(21-26)27-9-10-27)20-22-3-5-23(6-4-22)29-13-14-31(44-2)30(18-35)39-29/h13-17,19,21-24,27-28H,3-12,20H2,1-2H3,(H,36,43). The molecule has 0 aliphatic heterocycles. The van der Waals surface area contributed by atoms with Gasteiger partial charge in [-0.25, -0.2) is 14.8 Å². The lowest BCUT2D eigenvalue weighted by molar-refractivity contribution is -0.124. The highest BCUT2D eigenvalue weighted by atomic mass is 16.6. The molecule has 0 aromatic carbocycles. The van der Waals surface area contributed by atoms with E-state index in [1.54, 1.807) is 20.4 Å². The summed E-state index contributed by atoms with van der Waals surface area (Å²) in [6.45, 7) is 0.595. The molecule has 3 saturated carbocycles. The number of nitrogens with one attached hydrogen (secondary N) is 1. The van der Waals surface area contributed by atoms with Gasteiger partial charge in [-0.15, -0.1) is 0 Å². The maximum atomic E-state index is 14.2. The van der Waals surface area contributed by atoms with Gasteiger partial charge in [0.05, 0.1) is 19.3 Å². The number of alkyl carbamates (subject to hydrolysis) is 1. The molecular weight excluding hydrogens is 570 g/mol. The van der Waals surface area contributed by atoms with Crippen LogP contribution in [0.25, 0.3) is 11.1 Å². The van der Waals surface area contributed by atoms with Crippen molar-refractivity contribution >= 4 is 17.8 Å². The van der Waals surface area contributed by atoms with Crippen molar-refractivity contribution in [2.75, 3.05) is 25.6 Å². The molecule has 0 bridgehead atoms. The zero-order valence-corrected chi connectivity index (χ0v) is 26.0. The Bertz CT molecular complexity index is 1550. The van der Waals surface area contributed by atoms with Crippen LogP contribution in [0.5, 0.6) is 5.75 Å². The molecule has 3 aromatic heterocycles. The molecule has 45 heavy (non-hydrogen) atoms. The second-order valence-electron chi connectivity index (χ2n) is 12.5. The van der Waals surface area contributed by atoms with Crippen LogP contribution in [0.2, 0.25) is 0 Å². The predicted molar refractivity (Wildman–Crippen MR) is 168 cm³/mol. The van der Waals surface area contributed by atoms with Crippen LogP contribution in [-0.4, -0.2) is 58.6 Å². The summed E-state index contributed by atoms with van der Waals surface area (Å²) in [7, 11) is 3.10. The lowest BCUT2D eigenvalue weighted by Crippen LogP contribution is -2.42. The number of carbonyl (C=O) groups excluding carboxylic acids is 2. The summed E-state index contributed by atoms with van der Waals surface area (Å²) < 4.78 is 12.8. The molecule has 3 fully saturated rings. The monoisotopic (exact) mass is 611 g/mol. The minimum absolute atomic E-state index is 0.0873. The number of hydrogen-bond acceptors (Lipinski definition) is 8. The van der Waals surface area contributed by atoms with Crippen LogP contribution in [0, 0.1) is 23.2 Å². The Hall–Kier alpha value is -4.46. The Kier molecular flexibility index (Phi) is 9.29. The molecule has 0 atom stereocenters. The molecule has 6 rings (SSSR count). The van der Waals surface area contributed by atoms with Gasteiger partial charge in [0.2, 0.25) is 5.91 Å². The minimum Gasteiger partial charge on any atom is -0.494 e. The van der Waals surface area contributed by atoms with Crippen LogP contribution in [0.3, 0.4) is 0 Å². The molecule has 0 radical (unpaired) electrons. The van der Waals surface area contributed by atoms with Gasteiger partial charge in [-0.3, -0.25) is 14.4 Å². The SMILES string of the molecule is CNC(=O)OC1CCC(C(=O)N(CC2CCC(c3ccc(OC)c(C#N)n3)CC2)c2cc(-c3cnn(C4CC4)c3)ccn2)CC1. The number of carbonyl (C=O) groups is 2. The fourth-order valence-corrected chi connectivity index (χ4v) is 6.76. The first-order valence-corrected chi connectivity index (χ1v) is 16.1. The molecule has 236 valence electrons. The summed E-state index contributed by atoms with van der Waals surface area (Å²) >= 11 is 0. The first-order chi connectivity index (χ1) is 21.9. The number of amides is 2. The van der Waals surface area contributed by atoms with Gasteiger partial charge in [0, 0.05) is 49.1 Å². The summed E-state index contributed by atoms with van der Waals surface area (Å²) in [4.78, 5) is 37.2. The van der Waals surface area contributed by atoms with Gasteiger partial charge in [0.25, 0.3) is 0 Å². The molecule has 11 nitrogen and oxygen atoms in total. The minimum atomic E-state index is -0.429. The van der Waals surface area contributed by atoms with E-state index in [1.807, 2.05) is 40.0 Å². The van der Waals surface area contributed by atoms with Gasteiger partial charge >= 0.3 is 6.09 Å². The Balaban J connectivity index is 1.18. The molecule has 3 aromatic rings. The van der Waals surface area contributed by atoms with E-state index in [1.165, 1.54) is 0 Å². The van der Waals surface area contributed by atoms with Crippen molar-refractivity contribution in [2.45, 2.75) is 82.3 Å². The van der Waals surface area contributed by atoms with E-state index in [2.05, 4.69) is 27.7 Å². The lowest BCUT2D eigenvalue weighted by Gasteiger charge is -2.35. The Morgan fingerprint density at radius 2 is 1.82 bits per heavy atom. The predicted octanol–water partition coefficient (Wildman–Crippen LogP) is 5.78. The van der Waals surface area contributed by atoms with Crippen molar-refractivity contribution in [3.63, 3.8) is 0 Å². The Morgan fingerprint density at radius 1 is 1.04 bits per heavy atom. The molecule has 0 saturated heterocycles. The van der Waals surface area contributed by atoms with Crippen molar-refractivity contribution in [2.24, 2.45) is 11.8 Å². The van der Waals surface area contributed by atoms with Gasteiger partial charge in [-0.2, -0.15) is 10.4 Å². The number of methoxy groups -OCH3 is 1. The summed E-state index contributed by atoms with van der Waals surface area (Å²) in [6, 6.07) is 10.4. The van der Waals surface area contributed by atoms with E-state index in [4.69, 9.17) is 14.5 Å². The molecule has 0 unspecified atom stereocenters. The third kappa shape index (κ3) is 7.11. The molecule has 3 aliphatic rings. The van der Waals surface area contributed by atoms with Crippen molar-refractivity contribution in [1.82, 2.24) is 25.1 Å². The maximum absolute atomic E-state index is 14.2. The average molecular weight is 612 g/mol. The summed E-state index contributed by atoms with van der Waals surface area (Å²) in [5.74, 6) is 1.68. The number of aromatic nitrogens is 4. The number of anilines is 1. The number of nitriles is 1. The van der Waals surface area contributed by atoms with Crippen molar-refractivity contribution in [3.8, 4) is 22.9 Å². The van der Waals surface area contributed by atoms with Gasteiger partial charge in [0.1, 0.15) is 18.0 Å². The normalized spacial score (nSPS) is 23.0. The largest absolute Gasteiger partial charge is 0.494 e. The first-order valence-electron chi connectivity index (χ1n) is 16.1. The third-order valence-corrected chi connectivity index (χ3v) is 9.56. The quantitative estimate of drug-likeness (QED) is 0.322. The topological polar surface area (TPSA) is 135 Å². The smallest absolute Gasteiger partial charge is 0.407 e. The molecule has 11 heteroatoms. The highest BCUT2D eigenvalue weighted by Crippen LogP contribution is 2.39. The molecule has 3 heterocycles. The number of rotatable bonds is 9. The van der Waals surface area contributed by atoms with Crippen LogP contribution < -0.4 is 15.0 Å². The van der Waals surface area contributed by atoms with Gasteiger partial charge in [-0.05, 0) is 100.0 Å². The van der Waals surface area contributed by atoms with Gasteiger partial charge in [0.15, 0.2) is 11.4 Å². The van der Waals surface area contributed by atoms with E-state index >= 15 is 0 Å². The highest BCUT2D eigenvalue weighted by molar-refractivity contribution is 5.94. The van der Waals surface area contributed by atoms with Crippen LogP contribution in [0.4, 0.5) is 10.6 Å². The van der Waals surface area contributed by atoms with Crippen molar-refractivity contribution < 1.29 is 19.1 Å². The molecule has 2 amide bonds. The summed E-state index contributed by atoms with van der Waals surface area (Å²) in [5, 5.41) is 16.6. The molecule has 0 spiro atoms. The third-order valence-electron chi connectivity index (χ3n) is 9.56. The molecule has 3 aliphatic carbocycles. The second kappa shape index (κ2) is 13.7. The number of pyridine rings is 2. The Morgan fingerprint density at radius 3 is 2.51 bits per heavy atom. The first kappa shape index (κ1) is 30.6.